The summed E-state index contributed by atoms with van der Waals surface area (Å²) in [6.07, 6.45) is 3.94. The minimum absolute atomic E-state index is 0.648. The predicted octanol–water partition coefficient (Wildman–Crippen LogP) is 1.57. The minimum Gasteiger partial charge on any atom is -0.384 e. The van der Waals surface area contributed by atoms with E-state index in [-0.39, 0.29) is 0 Å². The maximum absolute atomic E-state index is 5.83. The molecule has 4 nitrogen and oxygen atoms in total. The zero-order valence-corrected chi connectivity index (χ0v) is 8.49. The quantitative estimate of drug-likeness (QED) is 0.782. The highest BCUT2D eigenvalue weighted by atomic mass is 15.3. The summed E-state index contributed by atoms with van der Waals surface area (Å²) in [6.45, 7) is 4.09. The van der Waals surface area contributed by atoms with E-state index >= 15 is 0 Å². The normalized spacial score (nSPS) is 11.0. The fourth-order valence-corrected chi connectivity index (χ4v) is 1.60. The second kappa shape index (κ2) is 3.29. The fraction of sp³-hybridized carbons (Fsp3) is 0.400. The van der Waals surface area contributed by atoms with Crippen LogP contribution in [0, 0.1) is 6.92 Å². The zero-order chi connectivity index (χ0) is 10.1. The molecule has 0 aromatic carbocycles. The molecule has 0 aliphatic heterocycles. The number of rotatable bonds is 2. The van der Waals surface area contributed by atoms with E-state index in [0.29, 0.717) is 5.82 Å². The van der Waals surface area contributed by atoms with Gasteiger partial charge in [0.1, 0.15) is 5.82 Å². The van der Waals surface area contributed by atoms with E-state index in [4.69, 9.17) is 5.73 Å². The van der Waals surface area contributed by atoms with Crippen LogP contribution in [0.4, 0.5) is 5.82 Å². The Bertz CT molecular complexity index is 458. The number of nitrogens with two attached hydrogens (primary N) is 1. The highest BCUT2D eigenvalue weighted by Crippen LogP contribution is 2.14. The number of hydrogen-bond acceptors (Lipinski definition) is 3. The highest BCUT2D eigenvalue weighted by molar-refractivity contribution is 5.52. The third-order valence-corrected chi connectivity index (χ3v) is 2.22. The Morgan fingerprint density at radius 2 is 2.29 bits per heavy atom. The van der Waals surface area contributed by atoms with Gasteiger partial charge in [0.15, 0.2) is 5.65 Å². The van der Waals surface area contributed by atoms with Gasteiger partial charge in [-0.3, -0.25) is 0 Å². The van der Waals surface area contributed by atoms with Crippen LogP contribution in [0.5, 0.6) is 0 Å². The summed E-state index contributed by atoms with van der Waals surface area (Å²) in [4.78, 5) is 4.44. The third kappa shape index (κ3) is 1.32. The van der Waals surface area contributed by atoms with E-state index in [1.807, 2.05) is 19.2 Å². The molecule has 2 aromatic rings. The van der Waals surface area contributed by atoms with E-state index in [2.05, 4.69) is 17.0 Å². The molecule has 0 aliphatic carbocycles. The molecule has 0 unspecified atom stereocenters. The summed E-state index contributed by atoms with van der Waals surface area (Å²) in [5, 5.41) is 4.21. The van der Waals surface area contributed by atoms with Crippen molar-refractivity contribution in [1.29, 1.82) is 0 Å². The van der Waals surface area contributed by atoms with E-state index in [1.54, 1.807) is 4.52 Å². The maximum atomic E-state index is 5.83. The van der Waals surface area contributed by atoms with Crippen molar-refractivity contribution in [1.82, 2.24) is 14.6 Å². The summed E-state index contributed by atoms with van der Waals surface area (Å²) in [7, 11) is 0. The number of aromatic nitrogens is 3. The number of fused-ring (bicyclic) bond motifs is 1. The van der Waals surface area contributed by atoms with E-state index < -0.39 is 0 Å². The molecule has 2 heterocycles. The van der Waals surface area contributed by atoms with Gasteiger partial charge in [0.05, 0.1) is 6.20 Å². The van der Waals surface area contributed by atoms with Crippen LogP contribution in [-0.2, 0) is 6.42 Å². The molecule has 0 saturated carbocycles. The van der Waals surface area contributed by atoms with E-state index in [1.165, 1.54) is 5.56 Å². The lowest BCUT2D eigenvalue weighted by atomic mass is 10.2. The van der Waals surface area contributed by atoms with Gasteiger partial charge in [-0.25, -0.2) is 4.98 Å². The van der Waals surface area contributed by atoms with Gasteiger partial charge in [-0.2, -0.15) is 9.61 Å². The molecule has 0 saturated heterocycles. The summed E-state index contributed by atoms with van der Waals surface area (Å²) in [5.74, 6) is 0.648. The molecule has 0 amide bonds. The van der Waals surface area contributed by atoms with Gasteiger partial charge in [0.25, 0.3) is 0 Å². The standard InChI is InChI=1S/C10H14N4/c1-3-4-8-6-12-14-9(11)5-7(2)13-10(8)14/h5-6H,3-4,11H2,1-2H3. The Kier molecular flexibility index (Phi) is 2.11. The lowest BCUT2D eigenvalue weighted by Crippen LogP contribution is -2.01. The topological polar surface area (TPSA) is 56.2 Å². The van der Waals surface area contributed by atoms with Crippen LogP contribution >= 0.6 is 0 Å². The number of aryl methyl sites for hydroxylation is 2. The second-order valence-corrected chi connectivity index (χ2v) is 3.48. The van der Waals surface area contributed by atoms with Gasteiger partial charge >= 0.3 is 0 Å². The Morgan fingerprint density at radius 3 is 3.00 bits per heavy atom. The van der Waals surface area contributed by atoms with Gasteiger partial charge in [-0.1, -0.05) is 13.3 Å². The average Bonchev–Trinajstić information content (AvgIpc) is 2.49. The molecule has 0 radical (unpaired) electrons. The van der Waals surface area contributed by atoms with Crippen LogP contribution in [0.1, 0.15) is 24.6 Å². The molecule has 2 aromatic heterocycles. The molecule has 2 N–H and O–H groups in total. The van der Waals surface area contributed by atoms with Crippen LogP contribution < -0.4 is 5.73 Å². The first kappa shape index (κ1) is 8.99. The molecule has 0 atom stereocenters. The molecule has 0 aliphatic rings. The average molecular weight is 190 g/mol. The van der Waals surface area contributed by atoms with Crippen molar-refractivity contribution in [3.05, 3.63) is 23.5 Å². The number of hydrogen-bond donors (Lipinski definition) is 1. The molecular weight excluding hydrogens is 176 g/mol. The van der Waals surface area contributed by atoms with Gasteiger partial charge in [-0.15, -0.1) is 0 Å². The summed E-state index contributed by atoms with van der Waals surface area (Å²) in [6, 6.07) is 1.83. The predicted molar refractivity (Wildman–Crippen MR) is 56.1 cm³/mol. The van der Waals surface area contributed by atoms with Gasteiger partial charge in [0.2, 0.25) is 0 Å². The Balaban J connectivity index is 2.66. The largest absolute Gasteiger partial charge is 0.384 e. The zero-order valence-electron chi connectivity index (χ0n) is 8.49. The summed E-state index contributed by atoms with van der Waals surface area (Å²) < 4.78 is 1.69. The maximum Gasteiger partial charge on any atom is 0.160 e. The van der Waals surface area contributed by atoms with Crippen molar-refractivity contribution in [2.24, 2.45) is 0 Å². The molecule has 14 heavy (non-hydrogen) atoms. The van der Waals surface area contributed by atoms with Crippen LogP contribution in [0.15, 0.2) is 12.3 Å². The second-order valence-electron chi connectivity index (χ2n) is 3.48. The molecule has 0 bridgehead atoms. The van der Waals surface area contributed by atoms with Gasteiger partial charge < -0.3 is 5.73 Å². The van der Waals surface area contributed by atoms with Crippen molar-refractivity contribution in [2.75, 3.05) is 5.73 Å². The molecular formula is C10H14N4. The van der Waals surface area contributed by atoms with Crippen LogP contribution in [0.2, 0.25) is 0 Å². The number of anilines is 1. The summed E-state index contributed by atoms with van der Waals surface area (Å²) in [5.41, 5.74) is 8.83. The van der Waals surface area contributed by atoms with Gasteiger partial charge in [0, 0.05) is 17.3 Å². The van der Waals surface area contributed by atoms with Crippen molar-refractivity contribution in [3.63, 3.8) is 0 Å². The van der Waals surface area contributed by atoms with E-state index in [9.17, 15) is 0 Å². The van der Waals surface area contributed by atoms with Crippen molar-refractivity contribution >= 4 is 11.5 Å². The lowest BCUT2D eigenvalue weighted by molar-refractivity contribution is 0.922. The summed E-state index contributed by atoms with van der Waals surface area (Å²) >= 11 is 0. The van der Waals surface area contributed by atoms with E-state index in [0.717, 1.165) is 24.2 Å². The first-order valence-corrected chi connectivity index (χ1v) is 4.82. The van der Waals surface area contributed by atoms with Crippen molar-refractivity contribution < 1.29 is 0 Å². The molecule has 0 fully saturated rings. The Labute approximate surface area is 82.8 Å². The highest BCUT2D eigenvalue weighted by Gasteiger charge is 2.07. The molecule has 0 spiro atoms. The molecule has 4 heteroatoms. The Hall–Kier alpha value is -1.58. The van der Waals surface area contributed by atoms with Crippen LogP contribution in [-0.4, -0.2) is 14.6 Å². The number of nitrogen functional groups attached to an aromatic ring is 1. The molecule has 74 valence electrons. The first-order chi connectivity index (χ1) is 6.72. The molecule has 2 rings (SSSR count). The lowest BCUT2D eigenvalue weighted by Gasteiger charge is -2.01. The Morgan fingerprint density at radius 1 is 1.50 bits per heavy atom. The third-order valence-electron chi connectivity index (χ3n) is 2.22. The monoisotopic (exact) mass is 190 g/mol. The van der Waals surface area contributed by atoms with Crippen LogP contribution in [0.3, 0.4) is 0 Å². The SMILES string of the molecule is CCCc1cnn2c(N)cc(C)nc12. The van der Waals surface area contributed by atoms with Gasteiger partial charge in [-0.05, 0) is 13.3 Å². The minimum atomic E-state index is 0.648. The van der Waals surface area contributed by atoms with Crippen molar-refractivity contribution in [3.8, 4) is 0 Å². The van der Waals surface area contributed by atoms with Crippen molar-refractivity contribution in [2.45, 2.75) is 26.7 Å². The van der Waals surface area contributed by atoms with Crippen LogP contribution in [0.25, 0.3) is 5.65 Å². The smallest absolute Gasteiger partial charge is 0.160 e. The fourth-order valence-electron chi connectivity index (χ4n) is 1.60. The number of nitrogens with zero attached hydrogens (tertiary/aromatic N) is 3. The first-order valence-electron chi connectivity index (χ1n) is 4.82.